The second-order valence-corrected chi connectivity index (χ2v) is 12.4. The van der Waals surface area contributed by atoms with Crippen molar-refractivity contribution >= 4 is 11.8 Å². The number of hydrogen-bond donors (Lipinski definition) is 2. The number of unbranched alkanes of at least 4 members (excludes halogenated alkanes) is 5. The molecule has 2 N–H and O–H groups in total. The molecule has 0 saturated heterocycles. The van der Waals surface area contributed by atoms with E-state index in [0.717, 1.165) is 73.1 Å². The van der Waals surface area contributed by atoms with Gasteiger partial charge in [-0.15, -0.1) is 0 Å². The molecule has 8 nitrogen and oxygen atoms in total. The van der Waals surface area contributed by atoms with Gasteiger partial charge in [0, 0.05) is 25.1 Å². The summed E-state index contributed by atoms with van der Waals surface area (Å²) in [5.41, 5.74) is 3.15. The van der Waals surface area contributed by atoms with Crippen molar-refractivity contribution in [2.75, 3.05) is 27.3 Å². The summed E-state index contributed by atoms with van der Waals surface area (Å²) in [6, 6.07) is 15.2. The highest BCUT2D eigenvalue weighted by atomic mass is 16.5. The molecule has 2 aromatic carbocycles. The number of benzene rings is 2. The Bertz CT molecular complexity index is 1530. The van der Waals surface area contributed by atoms with Crippen LogP contribution in [-0.4, -0.2) is 44.3 Å². The Balaban J connectivity index is 1.28. The van der Waals surface area contributed by atoms with Gasteiger partial charge >= 0.3 is 0 Å². The number of methoxy groups -OCH3 is 2. The van der Waals surface area contributed by atoms with Crippen LogP contribution in [0.2, 0.25) is 0 Å². The molecule has 0 saturated carbocycles. The molecule has 0 aliphatic heterocycles. The molecule has 1 heterocycles. The van der Waals surface area contributed by atoms with E-state index in [1.165, 1.54) is 25.7 Å². The van der Waals surface area contributed by atoms with E-state index in [2.05, 4.69) is 71.3 Å². The Hall–Kier alpha value is -4.85. The molecule has 2 amide bonds. The zero-order chi connectivity index (χ0) is 36.4. The first kappa shape index (κ1) is 40.6. The van der Waals surface area contributed by atoms with Gasteiger partial charge in [0.25, 0.3) is 0 Å². The highest BCUT2D eigenvalue weighted by Gasteiger charge is 2.21. The van der Waals surface area contributed by atoms with Crippen LogP contribution in [0.15, 0.2) is 102 Å². The summed E-state index contributed by atoms with van der Waals surface area (Å²) in [6.07, 6.45) is 29.5. The first-order chi connectivity index (χ1) is 25.0. The van der Waals surface area contributed by atoms with Crippen molar-refractivity contribution in [2.45, 2.75) is 90.4 Å². The summed E-state index contributed by atoms with van der Waals surface area (Å²) in [5, 5.41) is 10.3. The van der Waals surface area contributed by atoms with E-state index in [1.807, 2.05) is 48.5 Å². The van der Waals surface area contributed by atoms with Crippen LogP contribution in [0.1, 0.15) is 89.7 Å². The Labute approximate surface area is 305 Å². The summed E-state index contributed by atoms with van der Waals surface area (Å²) < 4.78 is 16.3. The molecule has 0 spiro atoms. The number of ether oxygens (including phenoxy) is 2. The Morgan fingerprint density at radius 3 is 1.71 bits per heavy atom. The van der Waals surface area contributed by atoms with E-state index in [-0.39, 0.29) is 18.2 Å². The molecular weight excluding hydrogens is 638 g/mol. The van der Waals surface area contributed by atoms with Gasteiger partial charge in [0.1, 0.15) is 17.2 Å². The van der Waals surface area contributed by atoms with Crippen LogP contribution in [0.25, 0.3) is 22.4 Å². The average Bonchev–Trinajstić information content (AvgIpc) is 3.57. The highest BCUT2D eigenvalue weighted by molar-refractivity contribution is 5.86. The van der Waals surface area contributed by atoms with Crippen molar-refractivity contribution < 1.29 is 23.6 Å². The minimum atomic E-state index is -0.150. The molecule has 274 valence electrons. The van der Waals surface area contributed by atoms with Crippen LogP contribution in [0.5, 0.6) is 11.5 Å². The molecule has 0 aliphatic carbocycles. The molecule has 0 atom stereocenters. The summed E-state index contributed by atoms with van der Waals surface area (Å²) in [7, 11) is 3.25. The fourth-order valence-corrected chi connectivity index (χ4v) is 5.39. The van der Waals surface area contributed by atoms with Crippen LogP contribution < -0.4 is 20.1 Å². The number of amides is 2. The largest absolute Gasteiger partial charge is 0.497 e. The summed E-state index contributed by atoms with van der Waals surface area (Å²) in [4.78, 5) is 25.1. The van der Waals surface area contributed by atoms with E-state index in [4.69, 9.17) is 14.0 Å². The first-order valence-corrected chi connectivity index (χ1v) is 18.5. The van der Waals surface area contributed by atoms with Crippen molar-refractivity contribution in [1.82, 2.24) is 15.8 Å². The van der Waals surface area contributed by atoms with Crippen LogP contribution in [-0.2, 0) is 16.0 Å². The van der Waals surface area contributed by atoms with Gasteiger partial charge in [0.05, 0.1) is 26.2 Å². The third-order valence-electron chi connectivity index (χ3n) is 8.31. The number of hydrogen-bond acceptors (Lipinski definition) is 6. The third-order valence-corrected chi connectivity index (χ3v) is 8.31. The van der Waals surface area contributed by atoms with E-state index in [1.54, 1.807) is 14.2 Å². The average molecular weight is 696 g/mol. The van der Waals surface area contributed by atoms with Crippen LogP contribution >= 0.6 is 0 Å². The SMILES string of the molecule is CCCCCC=CCC=CCC=CCC=CCCCC(=O)NCCCCNC(=O)Cc1onc(-c2ccc(OC)cc2)c1-c1ccc(OC)cc1. The molecule has 3 rings (SSSR count). The molecule has 0 fully saturated rings. The maximum atomic E-state index is 12.9. The number of nitrogens with zero attached hydrogens (tertiary/aromatic N) is 1. The van der Waals surface area contributed by atoms with Gasteiger partial charge in [-0.25, -0.2) is 0 Å². The third kappa shape index (κ3) is 16.1. The van der Waals surface area contributed by atoms with Crippen LogP contribution in [0, 0.1) is 0 Å². The first-order valence-electron chi connectivity index (χ1n) is 18.5. The lowest BCUT2D eigenvalue weighted by Crippen LogP contribution is -2.28. The maximum absolute atomic E-state index is 12.9. The molecule has 3 aromatic rings. The lowest BCUT2D eigenvalue weighted by molar-refractivity contribution is -0.122. The zero-order valence-electron chi connectivity index (χ0n) is 30.8. The fraction of sp³-hybridized carbons (Fsp3) is 0.419. The highest BCUT2D eigenvalue weighted by Crippen LogP contribution is 2.36. The van der Waals surface area contributed by atoms with E-state index in [0.29, 0.717) is 31.0 Å². The molecule has 0 radical (unpaired) electrons. The van der Waals surface area contributed by atoms with Crippen molar-refractivity contribution in [3.8, 4) is 33.9 Å². The van der Waals surface area contributed by atoms with Gasteiger partial charge in [-0.05, 0) is 99.7 Å². The normalized spacial score (nSPS) is 11.7. The molecule has 51 heavy (non-hydrogen) atoms. The summed E-state index contributed by atoms with van der Waals surface area (Å²) in [5.74, 6) is 1.88. The minimum Gasteiger partial charge on any atom is -0.497 e. The molecular formula is C43H57N3O5. The predicted octanol–water partition coefficient (Wildman–Crippen LogP) is 9.73. The van der Waals surface area contributed by atoms with Crippen molar-refractivity contribution in [3.63, 3.8) is 0 Å². The number of rotatable bonds is 25. The molecule has 1 aromatic heterocycles. The number of nitrogens with one attached hydrogen (secondary N) is 2. The van der Waals surface area contributed by atoms with E-state index < -0.39 is 0 Å². The van der Waals surface area contributed by atoms with Crippen molar-refractivity contribution in [3.05, 3.63) is 103 Å². The Kier molecular flexibility index (Phi) is 20.0. The van der Waals surface area contributed by atoms with Crippen molar-refractivity contribution in [1.29, 1.82) is 0 Å². The number of carbonyl (C=O) groups is 2. The lowest BCUT2D eigenvalue weighted by atomic mass is 9.98. The molecule has 0 unspecified atom stereocenters. The van der Waals surface area contributed by atoms with Gasteiger partial charge < -0.3 is 24.6 Å². The van der Waals surface area contributed by atoms with Gasteiger partial charge in [0.15, 0.2) is 5.76 Å². The molecule has 8 heteroatoms. The monoisotopic (exact) mass is 695 g/mol. The smallest absolute Gasteiger partial charge is 0.227 e. The van der Waals surface area contributed by atoms with Crippen LogP contribution in [0.3, 0.4) is 0 Å². The standard InChI is InChI=1S/C43H57N3O5/c1-4-5-6-7-8-9-10-11-12-13-14-15-16-17-18-19-20-23-40(47)44-32-21-22-33-45-41(48)34-39-42(35-24-28-37(49-2)29-25-35)43(46-51-39)36-26-30-38(50-3)31-27-36/h8-9,11-12,14-15,17-18,24-31H,4-7,10,13,16,19-23,32-34H2,1-3H3,(H,44,47)(H,45,48). The fourth-order valence-electron chi connectivity index (χ4n) is 5.39. The zero-order valence-corrected chi connectivity index (χ0v) is 30.8. The maximum Gasteiger partial charge on any atom is 0.227 e. The van der Waals surface area contributed by atoms with Gasteiger partial charge in [-0.1, -0.05) is 85.7 Å². The summed E-state index contributed by atoms with van der Waals surface area (Å²) >= 11 is 0. The minimum absolute atomic E-state index is 0.0562. The second kappa shape index (κ2) is 25.2. The topological polar surface area (TPSA) is 103 Å². The van der Waals surface area contributed by atoms with Crippen LogP contribution in [0.4, 0.5) is 0 Å². The molecule has 0 aliphatic rings. The second-order valence-electron chi connectivity index (χ2n) is 12.4. The van der Waals surface area contributed by atoms with Gasteiger partial charge in [-0.3, -0.25) is 9.59 Å². The molecule has 0 bridgehead atoms. The van der Waals surface area contributed by atoms with Gasteiger partial charge in [-0.2, -0.15) is 0 Å². The van der Waals surface area contributed by atoms with E-state index >= 15 is 0 Å². The van der Waals surface area contributed by atoms with Gasteiger partial charge in [0.2, 0.25) is 11.8 Å². The predicted molar refractivity (Wildman–Crippen MR) is 208 cm³/mol. The van der Waals surface area contributed by atoms with E-state index in [9.17, 15) is 9.59 Å². The number of aromatic nitrogens is 1. The van der Waals surface area contributed by atoms with Crippen molar-refractivity contribution in [2.24, 2.45) is 0 Å². The Morgan fingerprint density at radius 2 is 1.16 bits per heavy atom. The number of allylic oxidation sites excluding steroid dienone is 8. The quantitative estimate of drug-likeness (QED) is 0.0676. The summed E-state index contributed by atoms with van der Waals surface area (Å²) in [6.45, 7) is 3.34. The lowest BCUT2D eigenvalue weighted by Gasteiger charge is -2.08. The Morgan fingerprint density at radius 1 is 0.647 bits per heavy atom. The number of carbonyl (C=O) groups excluding carboxylic acids is 2.